The average Bonchev–Trinajstić information content (AvgIpc) is 2.95. The molecule has 9 heteroatoms. The van der Waals surface area contributed by atoms with Crippen LogP contribution in [0.15, 0.2) is 91.0 Å². The second-order valence-corrected chi connectivity index (χ2v) is 8.55. The number of hydrogen-bond donors (Lipinski definition) is 3. The minimum atomic E-state index is -0.942. The van der Waals surface area contributed by atoms with Crippen LogP contribution in [-0.2, 0) is 34.0 Å². The van der Waals surface area contributed by atoms with E-state index in [2.05, 4.69) is 0 Å². The molecule has 0 radical (unpaired) electrons. The standard InChI is InChI=1S/C30H27N3O6/c31-25-22(28(34)37-16-19-10-4-1-5-11-19)26(32)24(30(36)39-18-21-14-8-3-9-15-21)27(33)23(25)29(35)38-17-20-12-6-2-7-13-20/h1-15H,16-18,31-33H2. The molecule has 0 unspecified atom stereocenters. The van der Waals surface area contributed by atoms with Crippen molar-refractivity contribution in [3.05, 3.63) is 124 Å². The van der Waals surface area contributed by atoms with Crippen LogP contribution < -0.4 is 17.2 Å². The van der Waals surface area contributed by atoms with Crippen molar-refractivity contribution in [2.45, 2.75) is 19.8 Å². The lowest BCUT2D eigenvalue weighted by Gasteiger charge is -2.19. The van der Waals surface area contributed by atoms with Gasteiger partial charge in [-0.1, -0.05) is 91.0 Å². The summed E-state index contributed by atoms with van der Waals surface area (Å²) in [6.07, 6.45) is 0. The predicted octanol–water partition coefficient (Wildman–Crippen LogP) is 4.50. The molecule has 9 nitrogen and oxygen atoms in total. The van der Waals surface area contributed by atoms with Crippen LogP contribution in [0.4, 0.5) is 17.1 Å². The number of ether oxygens (including phenoxy) is 3. The molecule has 0 atom stereocenters. The minimum Gasteiger partial charge on any atom is -0.457 e. The zero-order chi connectivity index (χ0) is 27.8. The highest BCUT2D eigenvalue weighted by atomic mass is 16.5. The van der Waals surface area contributed by atoms with Gasteiger partial charge in [-0.25, -0.2) is 14.4 Å². The van der Waals surface area contributed by atoms with Crippen molar-refractivity contribution in [2.24, 2.45) is 0 Å². The molecule has 0 saturated carbocycles. The Morgan fingerprint density at radius 3 is 0.897 bits per heavy atom. The first-order valence-corrected chi connectivity index (χ1v) is 12.0. The summed E-state index contributed by atoms with van der Waals surface area (Å²) in [6.45, 7) is -0.278. The lowest BCUT2D eigenvalue weighted by molar-refractivity contribution is 0.0474. The molecule has 0 bridgehead atoms. The van der Waals surface area contributed by atoms with E-state index in [1.165, 1.54) is 0 Å². The lowest BCUT2D eigenvalue weighted by Crippen LogP contribution is -2.23. The predicted molar refractivity (Wildman–Crippen MR) is 146 cm³/mol. The molecule has 0 aromatic heterocycles. The summed E-state index contributed by atoms with van der Waals surface area (Å²) in [6, 6.07) is 26.8. The van der Waals surface area contributed by atoms with Crippen molar-refractivity contribution in [1.82, 2.24) is 0 Å². The summed E-state index contributed by atoms with van der Waals surface area (Å²) < 4.78 is 16.2. The van der Waals surface area contributed by atoms with Gasteiger partial charge in [-0.15, -0.1) is 0 Å². The Labute approximate surface area is 225 Å². The summed E-state index contributed by atoms with van der Waals surface area (Å²) in [5.41, 5.74) is 18.7. The Hall–Kier alpha value is -5.31. The van der Waals surface area contributed by atoms with Gasteiger partial charge in [0, 0.05) is 0 Å². The van der Waals surface area contributed by atoms with Crippen molar-refractivity contribution >= 4 is 35.0 Å². The van der Waals surface area contributed by atoms with E-state index in [-0.39, 0.29) is 53.6 Å². The number of anilines is 3. The zero-order valence-corrected chi connectivity index (χ0v) is 21.0. The topological polar surface area (TPSA) is 157 Å². The maximum atomic E-state index is 13.2. The fourth-order valence-corrected chi connectivity index (χ4v) is 3.86. The Kier molecular flexibility index (Phi) is 8.43. The smallest absolute Gasteiger partial charge is 0.342 e. The number of benzene rings is 4. The third-order valence-electron chi connectivity index (χ3n) is 5.87. The molecule has 0 spiro atoms. The number of carbonyl (C=O) groups is 3. The van der Waals surface area contributed by atoms with E-state index in [0.717, 1.165) is 0 Å². The van der Waals surface area contributed by atoms with Crippen LogP contribution in [0.5, 0.6) is 0 Å². The Morgan fingerprint density at radius 2 is 0.667 bits per heavy atom. The fourth-order valence-electron chi connectivity index (χ4n) is 3.86. The van der Waals surface area contributed by atoms with E-state index in [4.69, 9.17) is 31.4 Å². The molecule has 0 saturated heterocycles. The fraction of sp³-hybridized carbons (Fsp3) is 0.100. The number of carbonyl (C=O) groups excluding carboxylic acids is 3. The highest BCUT2D eigenvalue weighted by molar-refractivity contribution is 6.17. The molecular weight excluding hydrogens is 498 g/mol. The van der Waals surface area contributed by atoms with Crippen molar-refractivity contribution in [3.63, 3.8) is 0 Å². The summed E-state index contributed by atoms with van der Waals surface area (Å²) in [5, 5.41) is 0. The third kappa shape index (κ3) is 6.34. The summed E-state index contributed by atoms with van der Waals surface area (Å²) in [4.78, 5) is 39.5. The largest absolute Gasteiger partial charge is 0.457 e. The van der Waals surface area contributed by atoms with Gasteiger partial charge in [0.25, 0.3) is 0 Å². The van der Waals surface area contributed by atoms with Gasteiger partial charge in [-0.05, 0) is 16.7 Å². The molecule has 0 fully saturated rings. The van der Waals surface area contributed by atoms with Crippen molar-refractivity contribution in [2.75, 3.05) is 17.2 Å². The van der Waals surface area contributed by atoms with E-state index in [9.17, 15) is 14.4 Å². The van der Waals surface area contributed by atoms with Gasteiger partial charge in [0.1, 0.15) is 36.5 Å². The lowest BCUT2D eigenvalue weighted by atomic mass is 9.97. The van der Waals surface area contributed by atoms with Crippen LogP contribution in [0.1, 0.15) is 47.8 Å². The van der Waals surface area contributed by atoms with E-state index >= 15 is 0 Å². The molecule has 198 valence electrons. The molecule has 4 rings (SSSR count). The van der Waals surface area contributed by atoms with Crippen LogP contribution in [-0.4, -0.2) is 17.9 Å². The first kappa shape index (κ1) is 26.7. The van der Waals surface area contributed by atoms with Crippen LogP contribution in [0.25, 0.3) is 0 Å². The molecule has 4 aromatic carbocycles. The highest BCUT2D eigenvalue weighted by Crippen LogP contribution is 2.36. The molecule has 0 aliphatic rings. The molecule has 0 amide bonds. The van der Waals surface area contributed by atoms with Gasteiger partial charge >= 0.3 is 17.9 Å². The molecule has 6 N–H and O–H groups in total. The van der Waals surface area contributed by atoms with Gasteiger partial charge < -0.3 is 31.4 Å². The van der Waals surface area contributed by atoms with Gasteiger partial charge in [0.05, 0.1) is 17.1 Å². The quantitative estimate of drug-likeness (QED) is 0.162. The molecule has 0 aliphatic carbocycles. The van der Waals surface area contributed by atoms with Crippen LogP contribution in [0.3, 0.4) is 0 Å². The van der Waals surface area contributed by atoms with Gasteiger partial charge in [0.2, 0.25) is 0 Å². The number of nitrogen functional groups attached to an aromatic ring is 3. The summed E-state index contributed by atoms with van der Waals surface area (Å²) in [7, 11) is 0. The SMILES string of the molecule is Nc1c(C(=O)OCc2ccccc2)c(N)c(C(=O)OCc2ccccc2)c(N)c1C(=O)OCc1ccccc1. The Bertz CT molecular complexity index is 1270. The maximum absolute atomic E-state index is 13.2. The monoisotopic (exact) mass is 525 g/mol. The molecule has 0 aliphatic heterocycles. The Morgan fingerprint density at radius 1 is 0.436 bits per heavy atom. The third-order valence-corrected chi connectivity index (χ3v) is 5.87. The van der Waals surface area contributed by atoms with E-state index in [1.807, 2.05) is 18.2 Å². The first-order chi connectivity index (χ1) is 18.9. The zero-order valence-electron chi connectivity index (χ0n) is 21.0. The van der Waals surface area contributed by atoms with E-state index in [1.54, 1.807) is 72.8 Å². The molecule has 0 heterocycles. The number of nitrogens with two attached hydrogens (primary N) is 3. The number of hydrogen-bond acceptors (Lipinski definition) is 9. The van der Waals surface area contributed by atoms with Crippen molar-refractivity contribution in [3.8, 4) is 0 Å². The van der Waals surface area contributed by atoms with Crippen molar-refractivity contribution < 1.29 is 28.6 Å². The van der Waals surface area contributed by atoms with Crippen LogP contribution >= 0.6 is 0 Å². The molecule has 39 heavy (non-hydrogen) atoms. The number of esters is 3. The normalized spacial score (nSPS) is 10.5. The van der Waals surface area contributed by atoms with Gasteiger partial charge in [-0.2, -0.15) is 0 Å². The van der Waals surface area contributed by atoms with Gasteiger partial charge in [-0.3, -0.25) is 0 Å². The molecular formula is C30H27N3O6. The molecule has 4 aromatic rings. The second kappa shape index (κ2) is 12.3. The van der Waals surface area contributed by atoms with Gasteiger partial charge in [0.15, 0.2) is 0 Å². The highest BCUT2D eigenvalue weighted by Gasteiger charge is 2.32. The van der Waals surface area contributed by atoms with Crippen molar-refractivity contribution in [1.29, 1.82) is 0 Å². The minimum absolute atomic E-state index is 0.0928. The second-order valence-electron chi connectivity index (χ2n) is 8.55. The van der Waals surface area contributed by atoms with Crippen LogP contribution in [0, 0.1) is 0 Å². The number of rotatable bonds is 9. The van der Waals surface area contributed by atoms with E-state index < -0.39 is 17.9 Å². The van der Waals surface area contributed by atoms with E-state index in [0.29, 0.717) is 16.7 Å². The van der Waals surface area contributed by atoms with Crippen LogP contribution in [0.2, 0.25) is 0 Å². The average molecular weight is 526 g/mol. The summed E-state index contributed by atoms with van der Waals surface area (Å²) >= 11 is 0. The first-order valence-electron chi connectivity index (χ1n) is 12.0. The Balaban J connectivity index is 1.68. The summed E-state index contributed by atoms with van der Waals surface area (Å²) in [5.74, 6) is -2.82. The maximum Gasteiger partial charge on any atom is 0.342 e.